The maximum Gasteiger partial charge on any atom is 0.410 e. The Balaban J connectivity index is 2.01. The summed E-state index contributed by atoms with van der Waals surface area (Å²) in [4.78, 5) is 27.5. The number of rotatable bonds is 7. The number of methoxy groups -OCH3 is 1. The highest BCUT2D eigenvalue weighted by Gasteiger charge is 2.48. The van der Waals surface area contributed by atoms with Crippen LogP contribution in [0.5, 0.6) is 0 Å². The van der Waals surface area contributed by atoms with E-state index in [1.54, 1.807) is 24.4 Å². The van der Waals surface area contributed by atoms with Crippen LogP contribution in [0.4, 0.5) is 4.79 Å². The summed E-state index contributed by atoms with van der Waals surface area (Å²) in [6, 6.07) is 10.5. The van der Waals surface area contributed by atoms with E-state index in [-0.39, 0.29) is 23.1 Å². The van der Waals surface area contributed by atoms with Crippen molar-refractivity contribution in [2.45, 2.75) is 103 Å². The molecule has 1 amide bonds. The summed E-state index contributed by atoms with van der Waals surface area (Å²) in [6.07, 6.45) is 4.18. The van der Waals surface area contributed by atoms with Crippen LogP contribution in [-0.4, -0.2) is 50.1 Å². The summed E-state index contributed by atoms with van der Waals surface area (Å²) in [5.74, 6) is -0.387. The highest BCUT2D eigenvalue weighted by molar-refractivity contribution is 6.74. The van der Waals surface area contributed by atoms with Crippen LogP contribution in [0.3, 0.4) is 0 Å². The van der Waals surface area contributed by atoms with Crippen molar-refractivity contribution in [1.29, 1.82) is 0 Å². The molecule has 1 aromatic heterocycles. The van der Waals surface area contributed by atoms with Gasteiger partial charge in [0, 0.05) is 17.7 Å². The number of hydrogen-bond acceptors (Lipinski definition) is 6. The van der Waals surface area contributed by atoms with Crippen LogP contribution >= 0.6 is 0 Å². The van der Waals surface area contributed by atoms with E-state index in [1.807, 2.05) is 43.9 Å². The zero-order chi connectivity index (χ0) is 29.2. The van der Waals surface area contributed by atoms with Crippen molar-refractivity contribution in [3.8, 4) is 0 Å². The Morgan fingerprint density at radius 1 is 1.08 bits per heavy atom. The Hall–Kier alpha value is -2.91. The highest BCUT2D eigenvalue weighted by Crippen LogP contribution is 2.44. The molecule has 0 unspecified atom stereocenters. The van der Waals surface area contributed by atoms with Gasteiger partial charge in [-0.2, -0.15) is 4.73 Å². The van der Waals surface area contributed by atoms with Gasteiger partial charge in [-0.3, -0.25) is 4.90 Å². The fourth-order valence-corrected chi connectivity index (χ4v) is 5.96. The summed E-state index contributed by atoms with van der Waals surface area (Å²) < 4.78 is 18.5. The molecule has 0 N–H and O–H groups in total. The summed E-state index contributed by atoms with van der Waals surface area (Å²) in [5.41, 5.74) is 1.56. The van der Waals surface area contributed by atoms with E-state index in [0.717, 1.165) is 22.3 Å². The maximum absolute atomic E-state index is 13.8. The van der Waals surface area contributed by atoms with Gasteiger partial charge in [-0.25, -0.2) is 9.59 Å². The smallest absolute Gasteiger partial charge is 0.410 e. The number of amides is 1. The minimum absolute atomic E-state index is 0.0659. The van der Waals surface area contributed by atoms with E-state index in [0.29, 0.717) is 18.4 Å². The van der Waals surface area contributed by atoms with Gasteiger partial charge in [-0.05, 0) is 81.9 Å². The van der Waals surface area contributed by atoms with Crippen LogP contribution in [0.1, 0.15) is 82.0 Å². The van der Waals surface area contributed by atoms with E-state index >= 15 is 0 Å². The van der Waals surface area contributed by atoms with E-state index in [9.17, 15) is 14.8 Å². The van der Waals surface area contributed by atoms with Gasteiger partial charge in [0.15, 0.2) is 20.7 Å². The lowest BCUT2D eigenvalue weighted by molar-refractivity contribution is -0.606. The second kappa shape index (κ2) is 11.7. The molecule has 1 aliphatic rings. The Morgan fingerprint density at radius 3 is 2.26 bits per heavy atom. The lowest BCUT2D eigenvalue weighted by Crippen LogP contribution is -2.51. The fraction of sp³-hybridized carbons (Fsp3) is 0.567. The molecule has 2 heterocycles. The average Bonchev–Trinajstić information content (AvgIpc) is 3.24. The zero-order valence-electron chi connectivity index (χ0n) is 24.8. The largest absolute Gasteiger partial charge is 0.619 e. The second-order valence-electron chi connectivity index (χ2n) is 12.9. The maximum atomic E-state index is 13.8. The molecule has 0 saturated carbocycles. The number of benzene rings is 1. The minimum Gasteiger partial charge on any atom is -0.619 e. The minimum atomic E-state index is -2.30. The molecule has 1 fully saturated rings. The molecule has 1 aliphatic heterocycles. The lowest BCUT2D eigenvalue weighted by atomic mass is 10.0. The Morgan fingerprint density at radius 2 is 1.72 bits per heavy atom. The van der Waals surface area contributed by atoms with Gasteiger partial charge in [0.2, 0.25) is 0 Å². The number of aromatic nitrogens is 1. The van der Waals surface area contributed by atoms with Gasteiger partial charge in [0.1, 0.15) is 5.60 Å². The van der Waals surface area contributed by atoms with Gasteiger partial charge < -0.3 is 19.1 Å². The topological polar surface area (TPSA) is 92.0 Å². The third-order valence-corrected chi connectivity index (χ3v) is 12.2. The van der Waals surface area contributed by atoms with Crippen molar-refractivity contribution >= 4 is 20.4 Å². The van der Waals surface area contributed by atoms with Crippen LogP contribution in [-0.2, 0) is 20.3 Å². The van der Waals surface area contributed by atoms with Crippen molar-refractivity contribution in [2.24, 2.45) is 0 Å². The van der Waals surface area contributed by atoms with Crippen molar-refractivity contribution in [1.82, 2.24) is 4.90 Å². The first-order chi connectivity index (χ1) is 18.0. The number of pyridine rings is 1. The molecule has 39 heavy (non-hydrogen) atoms. The normalized spacial score (nSPS) is 19.1. The monoisotopic (exact) mass is 556 g/mol. The van der Waals surface area contributed by atoms with E-state index in [4.69, 9.17) is 13.9 Å². The first-order valence-corrected chi connectivity index (χ1v) is 16.5. The molecule has 0 spiro atoms. The number of ether oxygens (including phenoxy) is 2. The molecular formula is C30H44N2O6Si. The third-order valence-electron chi connectivity index (χ3n) is 7.70. The van der Waals surface area contributed by atoms with Gasteiger partial charge in [-0.1, -0.05) is 32.9 Å². The predicted molar refractivity (Wildman–Crippen MR) is 153 cm³/mol. The second-order valence-corrected chi connectivity index (χ2v) is 17.6. The molecule has 2 aromatic rings. The quantitative estimate of drug-likeness (QED) is 0.175. The van der Waals surface area contributed by atoms with Crippen LogP contribution in [0.2, 0.25) is 18.1 Å². The molecule has 3 atom stereocenters. The van der Waals surface area contributed by atoms with Gasteiger partial charge >= 0.3 is 12.1 Å². The molecule has 0 bridgehead atoms. The van der Waals surface area contributed by atoms with Crippen LogP contribution in [0.25, 0.3) is 0 Å². The Bertz CT molecular complexity index is 1150. The number of esters is 1. The van der Waals surface area contributed by atoms with Crippen LogP contribution in [0.15, 0.2) is 48.8 Å². The molecule has 3 rings (SSSR count). The number of carbonyl (C=O) groups excluding carboxylic acids is 2. The lowest BCUT2D eigenvalue weighted by Gasteiger charge is -2.43. The molecule has 0 radical (unpaired) electrons. The number of carbonyl (C=O) groups is 2. The van der Waals surface area contributed by atoms with E-state index in [1.165, 1.54) is 13.3 Å². The van der Waals surface area contributed by atoms with Gasteiger partial charge in [-0.15, -0.1) is 0 Å². The van der Waals surface area contributed by atoms with Crippen molar-refractivity contribution < 1.29 is 28.2 Å². The Kier molecular flexibility index (Phi) is 9.17. The molecule has 0 aliphatic carbocycles. The number of likely N-dealkylation sites (tertiary alicyclic amines) is 1. The Labute approximate surface area is 234 Å². The first-order valence-electron chi connectivity index (χ1n) is 13.6. The van der Waals surface area contributed by atoms with E-state index in [2.05, 4.69) is 33.9 Å². The molecular weight excluding hydrogens is 512 g/mol. The van der Waals surface area contributed by atoms with Crippen LogP contribution in [0, 0.1) is 5.21 Å². The van der Waals surface area contributed by atoms with Gasteiger partial charge in [0.05, 0.1) is 24.8 Å². The van der Waals surface area contributed by atoms with Crippen molar-refractivity contribution in [3.05, 3.63) is 70.7 Å². The summed E-state index contributed by atoms with van der Waals surface area (Å²) in [6.45, 7) is 16.5. The molecule has 9 heteroatoms. The third kappa shape index (κ3) is 7.60. The van der Waals surface area contributed by atoms with Crippen molar-refractivity contribution in [2.75, 3.05) is 7.11 Å². The molecule has 214 valence electrons. The molecule has 1 saturated heterocycles. The number of nitrogens with zero attached hydrogens (tertiary/aromatic N) is 2. The van der Waals surface area contributed by atoms with Crippen molar-refractivity contribution in [3.63, 3.8) is 0 Å². The number of hydrogen-bond donors (Lipinski definition) is 0. The summed E-state index contributed by atoms with van der Waals surface area (Å²) >= 11 is 0. The first kappa shape index (κ1) is 30.6. The summed E-state index contributed by atoms with van der Waals surface area (Å²) in [5, 5.41) is 12.2. The standard InChI is InChI=1S/C30H44N2O6Si/c1-29(2,3)37-28(34)32-24(19-21-12-14-22(15-13-21)27(33)36-7)16-17-25(32)26(23-11-10-18-31(35)20-23)38-39(8,9)30(4,5)6/h10-15,18,20,24-26H,16-17,19H2,1-9H3/t24-,25+,26+/m0/s1. The molecule has 8 nitrogen and oxygen atoms in total. The summed E-state index contributed by atoms with van der Waals surface area (Å²) in [7, 11) is -0.940. The fourth-order valence-electron chi connectivity index (χ4n) is 4.68. The average molecular weight is 557 g/mol. The highest BCUT2D eigenvalue weighted by atomic mass is 28.4. The van der Waals surface area contributed by atoms with Crippen LogP contribution < -0.4 is 4.73 Å². The van der Waals surface area contributed by atoms with E-state index < -0.39 is 26.1 Å². The van der Waals surface area contributed by atoms with Gasteiger partial charge in [0.25, 0.3) is 0 Å². The predicted octanol–water partition coefficient (Wildman–Crippen LogP) is 6.18. The molecule has 1 aromatic carbocycles. The zero-order valence-corrected chi connectivity index (χ0v) is 25.8. The SMILES string of the molecule is COC(=O)c1ccc(C[C@@H]2CC[C@H]([C@H](O[Si](C)(C)C(C)(C)C)c3ccc[n+]([O-])c3)N2C(=O)OC(C)(C)C)cc1.